The predicted octanol–water partition coefficient (Wildman–Crippen LogP) is 1.89. The van der Waals surface area contributed by atoms with Gasteiger partial charge in [-0.1, -0.05) is 0 Å². The van der Waals surface area contributed by atoms with Gasteiger partial charge >= 0.3 is 0 Å². The summed E-state index contributed by atoms with van der Waals surface area (Å²) in [4.78, 5) is 25.3. The van der Waals surface area contributed by atoms with Crippen LogP contribution in [0.3, 0.4) is 0 Å². The highest BCUT2D eigenvalue weighted by molar-refractivity contribution is 5.94. The van der Waals surface area contributed by atoms with Crippen molar-refractivity contribution in [2.45, 2.75) is 0 Å². The summed E-state index contributed by atoms with van der Waals surface area (Å²) in [5.74, 6) is -1.20. The summed E-state index contributed by atoms with van der Waals surface area (Å²) >= 11 is 0. The van der Waals surface area contributed by atoms with Gasteiger partial charge in [0.15, 0.2) is 0 Å². The molecule has 0 aliphatic carbocycles. The van der Waals surface area contributed by atoms with Crippen LogP contribution in [0.5, 0.6) is 0 Å². The quantitative estimate of drug-likeness (QED) is 0.527. The third kappa shape index (κ3) is 3.66. The van der Waals surface area contributed by atoms with Gasteiger partial charge in [-0.25, -0.2) is 9.82 Å². The molecule has 0 saturated carbocycles. The van der Waals surface area contributed by atoms with Crippen molar-refractivity contribution in [1.82, 2.24) is 10.4 Å². The van der Waals surface area contributed by atoms with E-state index in [2.05, 4.69) is 15.5 Å². The van der Waals surface area contributed by atoms with E-state index in [1.807, 2.05) is 0 Å². The minimum atomic E-state index is -0.681. The number of hydrogen-bond acceptors (Lipinski definition) is 5. The van der Waals surface area contributed by atoms with E-state index in [1.165, 1.54) is 18.5 Å². The Hall–Kier alpha value is -3.16. The number of amides is 1. The lowest BCUT2D eigenvalue weighted by molar-refractivity contribution is -0.384. The third-order valence-electron chi connectivity index (χ3n) is 2.48. The maximum atomic E-state index is 13.4. The first-order valence-corrected chi connectivity index (χ1v) is 5.75. The van der Waals surface area contributed by atoms with E-state index < -0.39 is 16.6 Å². The summed E-state index contributed by atoms with van der Waals surface area (Å²) in [6.45, 7) is 0. The third-order valence-corrected chi connectivity index (χ3v) is 2.48. The van der Waals surface area contributed by atoms with Gasteiger partial charge in [-0.3, -0.25) is 19.9 Å². The summed E-state index contributed by atoms with van der Waals surface area (Å²) in [6.07, 6.45) is 3.86. The first-order chi connectivity index (χ1) is 10.1. The number of halogens is 1. The molecule has 7 nitrogen and oxygen atoms in total. The number of non-ortho nitro benzene ring substituents is 1. The van der Waals surface area contributed by atoms with Crippen molar-refractivity contribution < 1.29 is 14.1 Å². The van der Waals surface area contributed by atoms with Crippen LogP contribution in [0, 0.1) is 15.9 Å². The molecule has 0 aliphatic rings. The number of carbonyl (C=O) groups is 1. The molecule has 0 fully saturated rings. The number of nitrogens with zero attached hydrogens (tertiary/aromatic N) is 3. The number of hydrogen-bond donors (Lipinski definition) is 1. The highest BCUT2D eigenvalue weighted by Crippen LogP contribution is 2.15. The first-order valence-electron chi connectivity index (χ1n) is 5.75. The molecule has 8 heteroatoms. The van der Waals surface area contributed by atoms with E-state index in [1.54, 1.807) is 6.07 Å². The van der Waals surface area contributed by atoms with Crippen molar-refractivity contribution >= 4 is 17.8 Å². The number of nitro benzene ring substituents is 1. The van der Waals surface area contributed by atoms with Gasteiger partial charge in [-0.05, 0) is 18.2 Å². The fraction of sp³-hybridized carbons (Fsp3) is 0. The lowest BCUT2D eigenvalue weighted by Crippen LogP contribution is -2.17. The number of aromatic nitrogens is 1. The van der Waals surface area contributed by atoms with Crippen molar-refractivity contribution in [3.63, 3.8) is 0 Å². The van der Waals surface area contributed by atoms with Crippen molar-refractivity contribution in [1.29, 1.82) is 0 Å². The maximum absolute atomic E-state index is 13.4. The molecule has 21 heavy (non-hydrogen) atoms. The monoisotopic (exact) mass is 288 g/mol. The molecule has 1 N–H and O–H groups in total. The Morgan fingerprint density at radius 2 is 2.24 bits per heavy atom. The van der Waals surface area contributed by atoms with Crippen molar-refractivity contribution in [2.24, 2.45) is 5.10 Å². The van der Waals surface area contributed by atoms with E-state index in [0.717, 1.165) is 24.4 Å². The molecule has 1 aromatic carbocycles. The number of nitro groups is 1. The molecule has 1 amide bonds. The summed E-state index contributed by atoms with van der Waals surface area (Å²) < 4.78 is 13.4. The molecule has 0 unspecified atom stereocenters. The van der Waals surface area contributed by atoms with Crippen molar-refractivity contribution in [3.8, 4) is 0 Å². The van der Waals surface area contributed by atoms with Gasteiger partial charge in [0.25, 0.3) is 11.6 Å². The molecule has 1 aromatic heterocycles. The molecule has 2 rings (SSSR count). The van der Waals surface area contributed by atoms with Gasteiger partial charge in [-0.2, -0.15) is 5.10 Å². The van der Waals surface area contributed by atoms with Crippen molar-refractivity contribution in [2.75, 3.05) is 0 Å². The summed E-state index contributed by atoms with van der Waals surface area (Å²) in [7, 11) is 0. The van der Waals surface area contributed by atoms with Gasteiger partial charge < -0.3 is 0 Å². The van der Waals surface area contributed by atoms with Crippen LogP contribution < -0.4 is 5.43 Å². The minimum Gasteiger partial charge on any atom is -0.267 e. The topological polar surface area (TPSA) is 97.5 Å². The first kappa shape index (κ1) is 14.3. The maximum Gasteiger partial charge on any atom is 0.272 e. The van der Waals surface area contributed by atoms with Gasteiger partial charge in [-0.15, -0.1) is 0 Å². The van der Waals surface area contributed by atoms with Crippen LogP contribution in [0.15, 0.2) is 47.8 Å². The lowest BCUT2D eigenvalue weighted by atomic mass is 10.2. The van der Waals surface area contributed by atoms with Gasteiger partial charge in [0.2, 0.25) is 0 Å². The number of carbonyl (C=O) groups excluding carboxylic acids is 1. The highest BCUT2D eigenvalue weighted by atomic mass is 19.1. The average molecular weight is 288 g/mol. The zero-order chi connectivity index (χ0) is 15.2. The van der Waals surface area contributed by atoms with Gasteiger partial charge in [0.1, 0.15) is 5.82 Å². The standard InChI is InChI=1S/C13H9FN4O3/c14-12-4-3-11(18(20)21)6-10(12)8-16-17-13(19)9-2-1-5-15-7-9/h1-8H,(H,17,19)/b16-8-. The highest BCUT2D eigenvalue weighted by Gasteiger charge is 2.09. The van der Waals surface area contributed by atoms with E-state index in [9.17, 15) is 19.3 Å². The largest absolute Gasteiger partial charge is 0.272 e. The number of pyridine rings is 1. The zero-order valence-corrected chi connectivity index (χ0v) is 10.6. The predicted molar refractivity (Wildman–Crippen MR) is 72.4 cm³/mol. The smallest absolute Gasteiger partial charge is 0.267 e. The van der Waals surface area contributed by atoms with E-state index in [4.69, 9.17) is 0 Å². The molecular weight excluding hydrogens is 279 g/mol. The Labute approximate surface area is 118 Å². The van der Waals surface area contributed by atoms with Crippen LogP contribution >= 0.6 is 0 Å². The second-order valence-electron chi connectivity index (χ2n) is 3.90. The lowest BCUT2D eigenvalue weighted by Gasteiger charge is -1.99. The molecule has 0 aliphatic heterocycles. The molecule has 2 aromatic rings. The average Bonchev–Trinajstić information content (AvgIpc) is 2.49. The number of rotatable bonds is 4. The Morgan fingerprint density at radius 3 is 2.90 bits per heavy atom. The van der Waals surface area contributed by atoms with Crippen LogP contribution in [0.25, 0.3) is 0 Å². The summed E-state index contributed by atoms with van der Waals surface area (Å²) in [5, 5.41) is 14.2. The van der Waals surface area contributed by atoms with E-state index in [0.29, 0.717) is 0 Å². The summed E-state index contributed by atoms with van der Waals surface area (Å²) in [5.41, 5.74) is 2.10. The fourth-order valence-corrected chi connectivity index (χ4v) is 1.47. The SMILES string of the molecule is O=C(N/N=C\c1cc([N+](=O)[O-])ccc1F)c1cccnc1. The molecular formula is C13H9FN4O3. The van der Waals surface area contributed by atoms with Gasteiger partial charge in [0, 0.05) is 30.1 Å². The minimum absolute atomic E-state index is 0.101. The van der Waals surface area contributed by atoms with Crippen molar-refractivity contribution in [3.05, 3.63) is 69.8 Å². The Kier molecular flexibility index (Phi) is 4.30. The van der Waals surface area contributed by atoms with Crippen LogP contribution in [0.1, 0.15) is 15.9 Å². The molecule has 0 radical (unpaired) electrons. The number of benzene rings is 1. The second kappa shape index (κ2) is 6.33. The normalized spacial score (nSPS) is 10.5. The van der Waals surface area contributed by atoms with E-state index >= 15 is 0 Å². The molecule has 0 spiro atoms. The van der Waals surface area contributed by atoms with Gasteiger partial charge in [0.05, 0.1) is 16.7 Å². The molecule has 1 heterocycles. The van der Waals surface area contributed by atoms with Crippen LogP contribution in [0.4, 0.5) is 10.1 Å². The Morgan fingerprint density at radius 1 is 1.43 bits per heavy atom. The Bertz CT molecular complexity index is 704. The van der Waals surface area contributed by atoms with Crippen LogP contribution in [-0.2, 0) is 0 Å². The number of nitrogens with one attached hydrogen (secondary N) is 1. The molecule has 0 atom stereocenters. The number of hydrazone groups is 1. The van der Waals surface area contributed by atoms with E-state index in [-0.39, 0.29) is 16.8 Å². The van der Waals surface area contributed by atoms with Crippen LogP contribution in [-0.4, -0.2) is 22.0 Å². The molecule has 0 bridgehead atoms. The zero-order valence-electron chi connectivity index (χ0n) is 10.6. The van der Waals surface area contributed by atoms with Crippen LogP contribution in [0.2, 0.25) is 0 Å². The second-order valence-corrected chi connectivity index (χ2v) is 3.90. The molecule has 106 valence electrons. The fourth-order valence-electron chi connectivity index (χ4n) is 1.47. The Balaban J connectivity index is 2.10. The summed E-state index contributed by atoms with van der Waals surface area (Å²) in [6, 6.07) is 6.14. The molecule has 0 saturated heterocycles.